The van der Waals surface area contributed by atoms with Gasteiger partial charge in [0.05, 0.1) is 7.11 Å². The smallest absolute Gasteiger partial charge is 0.322 e. The van der Waals surface area contributed by atoms with E-state index in [0.717, 1.165) is 6.42 Å². The van der Waals surface area contributed by atoms with Crippen LogP contribution in [0.4, 0.5) is 11.9 Å². The Balaban J connectivity index is 2.13. The van der Waals surface area contributed by atoms with Crippen molar-refractivity contribution in [1.82, 2.24) is 15.0 Å². The minimum absolute atomic E-state index is 0.252. The number of hydrazine groups is 1. The molecule has 19 heavy (non-hydrogen) atoms. The lowest BCUT2D eigenvalue weighted by atomic mass is 9.78. The normalized spacial score (nSPS) is 26.8. The van der Waals surface area contributed by atoms with Gasteiger partial charge in [0.2, 0.25) is 11.9 Å². The third-order valence-electron chi connectivity index (χ3n) is 3.95. The minimum Gasteiger partial charge on any atom is -0.467 e. The van der Waals surface area contributed by atoms with Crippen LogP contribution in [0, 0.1) is 11.8 Å². The fraction of sp³-hybridized carbons (Fsp3) is 0.750. The Bertz CT molecular complexity index is 404. The highest BCUT2D eigenvalue weighted by Crippen LogP contribution is 2.31. The van der Waals surface area contributed by atoms with Crippen LogP contribution in [0.5, 0.6) is 6.01 Å². The molecule has 2 rings (SSSR count). The van der Waals surface area contributed by atoms with Gasteiger partial charge in [-0.25, -0.2) is 5.84 Å². The van der Waals surface area contributed by atoms with Crippen LogP contribution in [-0.2, 0) is 0 Å². The van der Waals surface area contributed by atoms with E-state index in [0.29, 0.717) is 29.8 Å². The van der Waals surface area contributed by atoms with Crippen molar-refractivity contribution in [2.24, 2.45) is 17.7 Å². The van der Waals surface area contributed by atoms with Crippen molar-refractivity contribution in [3.05, 3.63) is 0 Å². The van der Waals surface area contributed by atoms with Crippen LogP contribution in [0.1, 0.15) is 33.1 Å². The molecule has 0 aliphatic heterocycles. The fourth-order valence-electron chi connectivity index (χ4n) is 2.53. The second-order valence-corrected chi connectivity index (χ2v) is 5.13. The first-order valence-electron chi connectivity index (χ1n) is 6.67. The first-order valence-corrected chi connectivity index (χ1v) is 6.67. The maximum absolute atomic E-state index is 5.34. The minimum atomic E-state index is 0.252. The Morgan fingerprint density at radius 3 is 2.58 bits per heavy atom. The van der Waals surface area contributed by atoms with Gasteiger partial charge in [-0.15, -0.1) is 0 Å². The molecule has 1 fully saturated rings. The Morgan fingerprint density at radius 2 is 1.89 bits per heavy atom. The number of hydrogen-bond donors (Lipinski definition) is 3. The van der Waals surface area contributed by atoms with Gasteiger partial charge in [0.1, 0.15) is 0 Å². The number of aromatic nitrogens is 3. The number of methoxy groups -OCH3 is 1. The standard InChI is InChI=1S/C12H22N6O/c1-7-5-4-6-9(8(7)2)14-10-15-11(18-13)17-12(16-10)19-3/h7-9H,4-6,13H2,1-3H3,(H2,14,15,16,17,18). The Labute approximate surface area is 113 Å². The molecule has 3 unspecified atom stereocenters. The summed E-state index contributed by atoms with van der Waals surface area (Å²) in [6.07, 6.45) is 3.65. The molecule has 0 saturated heterocycles. The quantitative estimate of drug-likeness (QED) is 0.559. The van der Waals surface area contributed by atoms with Gasteiger partial charge in [0, 0.05) is 6.04 Å². The number of nitrogens with zero attached hydrogens (tertiary/aromatic N) is 3. The molecule has 0 spiro atoms. The Morgan fingerprint density at radius 1 is 1.16 bits per heavy atom. The molecule has 0 bridgehead atoms. The summed E-state index contributed by atoms with van der Waals surface area (Å²) in [5, 5.41) is 3.37. The van der Waals surface area contributed by atoms with Crippen molar-refractivity contribution >= 4 is 11.9 Å². The fourth-order valence-corrected chi connectivity index (χ4v) is 2.53. The molecule has 0 amide bonds. The molecule has 7 nitrogen and oxygen atoms in total. The van der Waals surface area contributed by atoms with Gasteiger partial charge in [-0.1, -0.05) is 26.7 Å². The lowest BCUT2D eigenvalue weighted by molar-refractivity contribution is 0.252. The second kappa shape index (κ2) is 6.01. The molecule has 1 aliphatic carbocycles. The zero-order valence-electron chi connectivity index (χ0n) is 11.7. The number of ether oxygens (including phenoxy) is 1. The van der Waals surface area contributed by atoms with Gasteiger partial charge < -0.3 is 10.1 Å². The van der Waals surface area contributed by atoms with E-state index in [2.05, 4.69) is 39.5 Å². The number of nitrogen functional groups attached to an aromatic ring is 1. The zero-order chi connectivity index (χ0) is 13.8. The van der Waals surface area contributed by atoms with E-state index < -0.39 is 0 Å². The van der Waals surface area contributed by atoms with Crippen molar-refractivity contribution in [2.75, 3.05) is 17.9 Å². The van der Waals surface area contributed by atoms with Crippen molar-refractivity contribution in [1.29, 1.82) is 0 Å². The summed E-state index contributed by atoms with van der Waals surface area (Å²) >= 11 is 0. The summed E-state index contributed by atoms with van der Waals surface area (Å²) in [5.41, 5.74) is 2.42. The van der Waals surface area contributed by atoms with Crippen LogP contribution in [0.15, 0.2) is 0 Å². The number of nitrogens with two attached hydrogens (primary N) is 1. The third kappa shape index (κ3) is 3.23. The SMILES string of the molecule is COc1nc(NN)nc(NC2CCCC(C)C2C)n1. The number of hydrogen-bond acceptors (Lipinski definition) is 7. The first-order chi connectivity index (χ1) is 9.13. The van der Waals surface area contributed by atoms with Gasteiger partial charge in [-0.2, -0.15) is 15.0 Å². The largest absolute Gasteiger partial charge is 0.467 e. The lowest BCUT2D eigenvalue weighted by Crippen LogP contribution is -2.35. The van der Waals surface area contributed by atoms with Crippen molar-refractivity contribution in [3.8, 4) is 6.01 Å². The lowest BCUT2D eigenvalue weighted by Gasteiger charge is -2.34. The van der Waals surface area contributed by atoms with E-state index in [-0.39, 0.29) is 6.01 Å². The predicted octanol–water partition coefficient (Wildman–Crippen LogP) is 1.40. The van der Waals surface area contributed by atoms with Crippen LogP contribution in [-0.4, -0.2) is 28.1 Å². The van der Waals surface area contributed by atoms with Crippen LogP contribution < -0.4 is 21.3 Å². The topological polar surface area (TPSA) is 98.0 Å². The van der Waals surface area contributed by atoms with E-state index in [1.165, 1.54) is 20.0 Å². The van der Waals surface area contributed by atoms with Crippen LogP contribution >= 0.6 is 0 Å². The molecule has 1 aromatic heterocycles. The van der Waals surface area contributed by atoms with Gasteiger partial charge in [-0.3, -0.25) is 5.43 Å². The van der Waals surface area contributed by atoms with E-state index >= 15 is 0 Å². The van der Waals surface area contributed by atoms with E-state index in [4.69, 9.17) is 10.6 Å². The molecule has 0 radical (unpaired) electrons. The molecule has 1 saturated carbocycles. The first kappa shape index (κ1) is 13.8. The molecular formula is C12H22N6O. The van der Waals surface area contributed by atoms with Crippen molar-refractivity contribution in [2.45, 2.75) is 39.2 Å². The predicted molar refractivity (Wildman–Crippen MR) is 73.8 cm³/mol. The highest BCUT2D eigenvalue weighted by Gasteiger charge is 2.27. The maximum atomic E-state index is 5.34. The highest BCUT2D eigenvalue weighted by molar-refractivity contribution is 5.36. The number of rotatable bonds is 4. The summed E-state index contributed by atoms with van der Waals surface area (Å²) in [6, 6.07) is 0.628. The number of nitrogens with one attached hydrogen (secondary N) is 2. The Kier molecular flexibility index (Phi) is 4.36. The van der Waals surface area contributed by atoms with E-state index in [1.807, 2.05) is 0 Å². The van der Waals surface area contributed by atoms with Gasteiger partial charge in [0.15, 0.2) is 0 Å². The van der Waals surface area contributed by atoms with Gasteiger partial charge in [0.25, 0.3) is 0 Å². The molecule has 4 N–H and O–H groups in total. The molecule has 3 atom stereocenters. The molecule has 1 heterocycles. The molecule has 1 aliphatic rings. The summed E-state index contributed by atoms with van der Waals surface area (Å²) in [5.74, 6) is 7.44. The summed E-state index contributed by atoms with van der Waals surface area (Å²) in [6.45, 7) is 4.56. The van der Waals surface area contributed by atoms with Gasteiger partial charge >= 0.3 is 6.01 Å². The summed E-state index contributed by atoms with van der Waals surface area (Å²) in [7, 11) is 1.52. The average molecular weight is 266 g/mol. The zero-order valence-corrected chi connectivity index (χ0v) is 11.7. The maximum Gasteiger partial charge on any atom is 0.322 e. The summed E-state index contributed by atoms with van der Waals surface area (Å²) < 4.78 is 5.04. The Hall–Kier alpha value is -1.63. The van der Waals surface area contributed by atoms with Crippen molar-refractivity contribution < 1.29 is 4.74 Å². The van der Waals surface area contributed by atoms with Crippen LogP contribution in [0.2, 0.25) is 0 Å². The van der Waals surface area contributed by atoms with Crippen LogP contribution in [0.3, 0.4) is 0 Å². The second-order valence-electron chi connectivity index (χ2n) is 5.13. The third-order valence-corrected chi connectivity index (χ3v) is 3.95. The molecule has 106 valence electrons. The molecule has 1 aromatic rings. The van der Waals surface area contributed by atoms with Crippen molar-refractivity contribution in [3.63, 3.8) is 0 Å². The van der Waals surface area contributed by atoms with E-state index in [9.17, 15) is 0 Å². The van der Waals surface area contributed by atoms with Gasteiger partial charge in [-0.05, 0) is 18.3 Å². The average Bonchev–Trinajstić information content (AvgIpc) is 2.43. The summed E-state index contributed by atoms with van der Waals surface area (Å²) in [4.78, 5) is 12.4. The van der Waals surface area contributed by atoms with Crippen LogP contribution in [0.25, 0.3) is 0 Å². The molecule has 0 aromatic carbocycles. The molecular weight excluding hydrogens is 244 g/mol. The highest BCUT2D eigenvalue weighted by atomic mass is 16.5. The monoisotopic (exact) mass is 266 g/mol. The molecule has 7 heteroatoms. The van der Waals surface area contributed by atoms with E-state index in [1.54, 1.807) is 0 Å². The number of anilines is 2.